The van der Waals surface area contributed by atoms with E-state index in [1.807, 2.05) is 6.07 Å². The number of piperidine rings is 2. The van der Waals surface area contributed by atoms with Crippen molar-refractivity contribution < 1.29 is 4.79 Å². The van der Waals surface area contributed by atoms with Crippen LogP contribution < -0.4 is 15.5 Å². The molecule has 114 valence electrons. The second kappa shape index (κ2) is 6.94. The molecule has 21 heavy (non-hydrogen) atoms. The van der Waals surface area contributed by atoms with Crippen LogP contribution in [0.5, 0.6) is 0 Å². The molecular weight excluding hydrogens is 262 g/mol. The number of carbonyl (C=O) groups excluding carboxylic acids is 1. The summed E-state index contributed by atoms with van der Waals surface area (Å²) in [7, 11) is 0. The lowest BCUT2D eigenvalue weighted by atomic mass is 10.0. The van der Waals surface area contributed by atoms with E-state index in [1.165, 1.54) is 12.1 Å². The Morgan fingerprint density at radius 3 is 2.76 bits per heavy atom. The summed E-state index contributed by atoms with van der Waals surface area (Å²) in [4.78, 5) is 14.7. The van der Waals surface area contributed by atoms with Crippen LogP contribution >= 0.6 is 0 Å². The zero-order valence-electron chi connectivity index (χ0n) is 12.6. The van der Waals surface area contributed by atoms with E-state index in [2.05, 4.69) is 39.8 Å². The standard InChI is InChI=1S/C17H25N3O/c21-17(16-10-4-5-11-18-16)19-14-7-6-12-20(13-14)15-8-2-1-3-9-15/h1-3,8-9,14,16,18H,4-7,10-13H2,(H,19,21)/t14?,16-/m1/s1. The number of nitrogens with one attached hydrogen (secondary N) is 2. The second-order valence-electron chi connectivity index (χ2n) is 6.13. The summed E-state index contributed by atoms with van der Waals surface area (Å²) in [6.07, 6.45) is 5.54. The molecule has 4 nitrogen and oxygen atoms in total. The maximum absolute atomic E-state index is 12.3. The molecule has 2 atom stereocenters. The number of hydrogen-bond acceptors (Lipinski definition) is 3. The highest BCUT2D eigenvalue weighted by Gasteiger charge is 2.26. The molecule has 2 fully saturated rings. The summed E-state index contributed by atoms with van der Waals surface area (Å²) >= 11 is 0. The lowest BCUT2D eigenvalue weighted by Gasteiger charge is -2.35. The van der Waals surface area contributed by atoms with Crippen LogP contribution in [0.4, 0.5) is 5.69 Å². The van der Waals surface area contributed by atoms with E-state index in [1.54, 1.807) is 0 Å². The van der Waals surface area contributed by atoms with Crippen LogP contribution in [-0.2, 0) is 4.79 Å². The van der Waals surface area contributed by atoms with Crippen molar-refractivity contribution in [2.24, 2.45) is 0 Å². The van der Waals surface area contributed by atoms with Gasteiger partial charge in [-0.15, -0.1) is 0 Å². The van der Waals surface area contributed by atoms with Crippen LogP contribution in [0.15, 0.2) is 30.3 Å². The molecule has 2 aliphatic rings. The molecule has 2 saturated heterocycles. The van der Waals surface area contributed by atoms with Crippen LogP contribution in [0.25, 0.3) is 0 Å². The molecule has 2 heterocycles. The van der Waals surface area contributed by atoms with Gasteiger partial charge in [0.1, 0.15) is 0 Å². The highest BCUT2D eigenvalue weighted by molar-refractivity contribution is 5.82. The van der Waals surface area contributed by atoms with Gasteiger partial charge in [0.25, 0.3) is 0 Å². The predicted molar refractivity (Wildman–Crippen MR) is 85.5 cm³/mol. The number of benzene rings is 1. The summed E-state index contributed by atoms with van der Waals surface area (Å²) in [5, 5.41) is 6.57. The van der Waals surface area contributed by atoms with E-state index in [-0.39, 0.29) is 18.0 Å². The van der Waals surface area contributed by atoms with Crippen LogP contribution in [-0.4, -0.2) is 37.6 Å². The number of hydrogen-bond donors (Lipinski definition) is 2. The zero-order valence-corrected chi connectivity index (χ0v) is 12.6. The first kappa shape index (κ1) is 14.4. The number of anilines is 1. The molecule has 1 unspecified atom stereocenters. The van der Waals surface area contributed by atoms with Crippen LogP contribution in [0, 0.1) is 0 Å². The maximum Gasteiger partial charge on any atom is 0.237 e. The van der Waals surface area contributed by atoms with E-state index in [9.17, 15) is 4.79 Å². The minimum atomic E-state index is 0.0193. The number of para-hydroxylation sites is 1. The van der Waals surface area contributed by atoms with Crippen molar-refractivity contribution in [3.8, 4) is 0 Å². The summed E-state index contributed by atoms with van der Waals surface area (Å²) < 4.78 is 0. The summed E-state index contributed by atoms with van der Waals surface area (Å²) in [6, 6.07) is 10.8. The van der Waals surface area contributed by atoms with Crippen molar-refractivity contribution in [2.45, 2.75) is 44.2 Å². The Morgan fingerprint density at radius 2 is 2.00 bits per heavy atom. The highest BCUT2D eigenvalue weighted by Crippen LogP contribution is 2.19. The summed E-state index contributed by atoms with van der Waals surface area (Å²) in [5.74, 6) is 0.189. The Bertz CT molecular complexity index is 456. The third kappa shape index (κ3) is 3.76. The molecule has 2 N–H and O–H groups in total. The smallest absolute Gasteiger partial charge is 0.237 e. The molecule has 0 aromatic heterocycles. The molecule has 0 radical (unpaired) electrons. The van der Waals surface area contributed by atoms with Crippen LogP contribution in [0.1, 0.15) is 32.1 Å². The number of nitrogens with zero attached hydrogens (tertiary/aromatic N) is 1. The van der Waals surface area contributed by atoms with Crippen molar-refractivity contribution in [1.82, 2.24) is 10.6 Å². The molecule has 1 aromatic carbocycles. The average Bonchev–Trinajstić information content (AvgIpc) is 2.57. The van der Waals surface area contributed by atoms with Gasteiger partial charge in [0.2, 0.25) is 5.91 Å². The lowest BCUT2D eigenvalue weighted by Crippen LogP contribution is -2.54. The van der Waals surface area contributed by atoms with Gasteiger partial charge in [0.05, 0.1) is 6.04 Å². The fourth-order valence-electron chi connectivity index (χ4n) is 3.35. The minimum Gasteiger partial charge on any atom is -0.369 e. The monoisotopic (exact) mass is 287 g/mol. The minimum absolute atomic E-state index is 0.0193. The molecule has 0 saturated carbocycles. The van der Waals surface area contributed by atoms with Crippen molar-refractivity contribution in [1.29, 1.82) is 0 Å². The fraction of sp³-hybridized carbons (Fsp3) is 0.588. The van der Waals surface area contributed by atoms with Gasteiger partial charge in [0, 0.05) is 24.8 Å². The number of rotatable bonds is 3. The van der Waals surface area contributed by atoms with Crippen molar-refractivity contribution in [3.63, 3.8) is 0 Å². The van der Waals surface area contributed by atoms with Gasteiger partial charge in [-0.2, -0.15) is 0 Å². The molecule has 0 spiro atoms. The molecule has 3 rings (SSSR count). The van der Waals surface area contributed by atoms with E-state index in [4.69, 9.17) is 0 Å². The molecule has 0 bridgehead atoms. The average molecular weight is 287 g/mol. The van der Waals surface area contributed by atoms with Gasteiger partial charge in [-0.05, 0) is 44.4 Å². The maximum atomic E-state index is 12.3. The van der Waals surface area contributed by atoms with Crippen molar-refractivity contribution in [3.05, 3.63) is 30.3 Å². The van der Waals surface area contributed by atoms with Crippen LogP contribution in [0.2, 0.25) is 0 Å². The van der Waals surface area contributed by atoms with Crippen molar-refractivity contribution in [2.75, 3.05) is 24.5 Å². The lowest BCUT2D eigenvalue weighted by molar-refractivity contribution is -0.124. The predicted octanol–water partition coefficient (Wildman–Crippen LogP) is 1.91. The molecule has 4 heteroatoms. The number of amides is 1. The van der Waals surface area contributed by atoms with E-state index in [0.717, 1.165) is 45.3 Å². The fourth-order valence-corrected chi connectivity index (χ4v) is 3.35. The molecular formula is C17H25N3O. The molecule has 0 aliphatic carbocycles. The summed E-state index contributed by atoms with van der Waals surface area (Å²) in [6.45, 7) is 2.97. The summed E-state index contributed by atoms with van der Waals surface area (Å²) in [5.41, 5.74) is 1.26. The Balaban J connectivity index is 1.55. The van der Waals surface area contributed by atoms with Gasteiger partial charge in [-0.3, -0.25) is 4.79 Å². The first-order valence-electron chi connectivity index (χ1n) is 8.17. The number of carbonyl (C=O) groups is 1. The van der Waals surface area contributed by atoms with E-state index in [0.29, 0.717) is 0 Å². The highest BCUT2D eigenvalue weighted by atomic mass is 16.2. The zero-order chi connectivity index (χ0) is 14.5. The van der Waals surface area contributed by atoms with Gasteiger partial charge in [-0.25, -0.2) is 0 Å². The SMILES string of the molecule is O=C(NC1CCCN(c2ccccc2)C1)[C@H]1CCCCN1. The van der Waals surface area contributed by atoms with E-state index >= 15 is 0 Å². The third-order valence-electron chi connectivity index (χ3n) is 4.52. The molecule has 1 amide bonds. The topological polar surface area (TPSA) is 44.4 Å². The quantitative estimate of drug-likeness (QED) is 0.892. The van der Waals surface area contributed by atoms with Gasteiger partial charge in [-0.1, -0.05) is 24.6 Å². The first-order chi connectivity index (χ1) is 10.3. The first-order valence-corrected chi connectivity index (χ1v) is 8.17. The normalized spacial score (nSPS) is 26.4. The third-order valence-corrected chi connectivity index (χ3v) is 4.52. The largest absolute Gasteiger partial charge is 0.369 e. The molecule has 2 aliphatic heterocycles. The second-order valence-corrected chi connectivity index (χ2v) is 6.13. The van der Waals surface area contributed by atoms with Crippen molar-refractivity contribution >= 4 is 11.6 Å². The Labute approximate surface area is 126 Å². The Morgan fingerprint density at radius 1 is 1.14 bits per heavy atom. The van der Waals surface area contributed by atoms with Gasteiger partial charge in [0.15, 0.2) is 0 Å². The van der Waals surface area contributed by atoms with Crippen LogP contribution in [0.3, 0.4) is 0 Å². The molecule has 1 aromatic rings. The van der Waals surface area contributed by atoms with Gasteiger partial charge >= 0.3 is 0 Å². The van der Waals surface area contributed by atoms with E-state index < -0.39 is 0 Å². The Hall–Kier alpha value is -1.55. The van der Waals surface area contributed by atoms with Gasteiger partial charge < -0.3 is 15.5 Å². The Kier molecular flexibility index (Phi) is 4.76.